The molecule has 2 aromatic heterocycles. The topological polar surface area (TPSA) is 97.9 Å². The lowest BCUT2D eigenvalue weighted by atomic mass is 10.1. The third-order valence-electron chi connectivity index (χ3n) is 5.00. The maximum Gasteiger partial charge on any atom is 0.247 e. The van der Waals surface area contributed by atoms with E-state index in [-0.39, 0.29) is 11.8 Å². The summed E-state index contributed by atoms with van der Waals surface area (Å²) < 4.78 is 3.43. The van der Waals surface area contributed by atoms with Gasteiger partial charge >= 0.3 is 0 Å². The third-order valence-corrected chi connectivity index (χ3v) is 5.00. The van der Waals surface area contributed by atoms with E-state index in [0.717, 1.165) is 12.1 Å². The lowest BCUT2D eigenvalue weighted by molar-refractivity contribution is -0.136. The average molecular weight is 393 g/mol. The van der Waals surface area contributed by atoms with Gasteiger partial charge in [0, 0.05) is 37.6 Å². The van der Waals surface area contributed by atoms with Crippen LogP contribution in [0, 0.1) is 0 Å². The molecule has 1 unspecified atom stereocenters. The smallest absolute Gasteiger partial charge is 0.247 e. The molecule has 1 N–H and O–H groups in total. The van der Waals surface area contributed by atoms with E-state index in [9.17, 15) is 9.59 Å². The minimum Gasteiger partial charge on any atom is -0.331 e. The van der Waals surface area contributed by atoms with Gasteiger partial charge < -0.3 is 10.2 Å². The van der Waals surface area contributed by atoms with Crippen molar-refractivity contribution in [1.29, 1.82) is 0 Å². The van der Waals surface area contributed by atoms with Crippen molar-refractivity contribution in [2.45, 2.75) is 38.3 Å². The van der Waals surface area contributed by atoms with Crippen molar-refractivity contribution in [1.82, 2.24) is 29.4 Å². The molecule has 150 valence electrons. The van der Waals surface area contributed by atoms with E-state index < -0.39 is 6.04 Å². The molecule has 9 nitrogen and oxygen atoms in total. The van der Waals surface area contributed by atoms with Crippen LogP contribution >= 0.6 is 0 Å². The summed E-state index contributed by atoms with van der Waals surface area (Å²) in [5.41, 5.74) is 1.55. The highest BCUT2D eigenvalue weighted by Gasteiger charge is 2.33. The Morgan fingerprint density at radius 3 is 2.93 bits per heavy atom. The molecule has 1 saturated heterocycles. The Morgan fingerprint density at radius 2 is 2.14 bits per heavy atom. The summed E-state index contributed by atoms with van der Waals surface area (Å²) >= 11 is 0. The van der Waals surface area contributed by atoms with E-state index in [2.05, 4.69) is 20.5 Å². The number of hydrogen-bond donors (Lipinski definition) is 1. The third kappa shape index (κ3) is 4.50. The second kappa shape index (κ2) is 8.68. The van der Waals surface area contributed by atoms with Crippen molar-refractivity contribution in [3.8, 4) is 5.69 Å². The standard InChI is InChI=1S/C20H23N7O2/c28-19(8-3-10-25-15-21-14-23-25)26-11-2-7-18(26)20(29)24-16-5-1-6-17(13-16)27-12-4-9-22-27/h1,4-6,9,12-15,18H,2-3,7-8,10-11H2,(H,24,29). The first-order valence-corrected chi connectivity index (χ1v) is 9.73. The minimum absolute atomic E-state index is 0.00746. The highest BCUT2D eigenvalue weighted by atomic mass is 16.2. The number of aryl methyl sites for hydroxylation is 1. The lowest BCUT2D eigenvalue weighted by Crippen LogP contribution is -2.43. The van der Waals surface area contributed by atoms with Crippen LogP contribution in [-0.2, 0) is 16.1 Å². The fourth-order valence-corrected chi connectivity index (χ4v) is 3.60. The van der Waals surface area contributed by atoms with Gasteiger partial charge in [0.15, 0.2) is 0 Å². The molecule has 1 atom stereocenters. The van der Waals surface area contributed by atoms with Crippen LogP contribution in [0.4, 0.5) is 5.69 Å². The molecule has 1 aromatic carbocycles. The Hall–Kier alpha value is -3.49. The molecule has 0 bridgehead atoms. The number of likely N-dealkylation sites (tertiary alicyclic amines) is 1. The molecule has 3 heterocycles. The molecular formula is C20H23N7O2. The molecule has 1 fully saturated rings. The van der Waals surface area contributed by atoms with Crippen LogP contribution in [0.25, 0.3) is 5.69 Å². The quantitative estimate of drug-likeness (QED) is 0.661. The van der Waals surface area contributed by atoms with Gasteiger partial charge in [0.25, 0.3) is 0 Å². The fraction of sp³-hybridized carbons (Fsp3) is 0.350. The number of nitrogens with one attached hydrogen (secondary N) is 1. The highest BCUT2D eigenvalue weighted by Crippen LogP contribution is 2.21. The first kappa shape index (κ1) is 18.9. The number of benzene rings is 1. The van der Waals surface area contributed by atoms with Gasteiger partial charge in [-0.05, 0) is 43.5 Å². The van der Waals surface area contributed by atoms with Crippen molar-refractivity contribution in [3.05, 3.63) is 55.4 Å². The number of nitrogens with zero attached hydrogens (tertiary/aromatic N) is 6. The number of carbonyl (C=O) groups excluding carboxylic acids is 2. The van der Waals surface area contributed by atoms with Crippen molar-refractivity contribution in [2.75, 3.05) is 11.9 Å². The predicted molar refractivity (Wildman–Crippen MR) is 106 cm³/mol. The van der Waals surface area contributed by atoms with Crippen LogP contribution in [0.1, 0.15) is 25.7 Å². The molecule has 2 amide bonds. The number of hydrogen-bond acceptors (Lipinski definition) is 5. The van der Waals surface area contributed by atoms with Crippen LogP contribution < -0.4 is 5.32 Å². The van der Waals surface area contributed by atoms with Crippen molar-refractivity contribution < 1.29 is 9.59 Å². The normalized spacial score (nSPS) is 16.1. The summed E-state index contributed by atoms with van der Waals surface area (Å²) in [5.74, 6) is -0.141. The molecule has 4 rings (SSSR count). The zero-order valence-electron chi connectivity index (χ0n) is 16.0. The van der Waals surface area contributed by atoms with Gasteiger partial charge in [-0.1, -0.05) is 6.07 Å². The molecule has 1 aliphatic rings. The molecule has 1 aliphatic heterocycles. The molecule has 29 heavy (non-hydrogen) atoms. The Balaban J connectivity index is 1.35. The Labute approximate surface area is 168 Å². The van der Waals surface area contributed by atoms with E-state index in [4.69, 9.17) is 0 Å². The summed E-state index contributed by atoms with van der Waals surface area (Å²) in [4.78, 5) is 31.1. The first-order valence-electron chi connectivity index (χ1n) is 9.73. The summed E-state index contributed by atoms with van der Waals surface area (Å²) in [7, 11) is 0. The first-order chi connectivity index (χ1) is 14.2. The van der Waals surface area contributed by atoms with E-state index in [0.29, 0.717) is 38.0 Å². The summed E-state index contributed by atoms with van der Waals surface area (Å²) in [6.45, 7) is 1.25. The zero-order chi connectivity index (χ0) is 20.1. The number of rotatable bonds is 7. The van der Waals surface area contributed by atoms with Gasteiger partial charge in [-0.3, -0.25) is 14.3 Å². The van der Waals surface area contributed by atoms with E-state index in [1.54, 1.807) is 26.8 Å². The minimum atomic E-state index is -0.428. The Kier molecular flexibility index (Phi) is 5.64. The maximum absolute atomic E-state index is 12.8. The summed E-state index contributed by atoms with van der Waals surface area (Å²) in [6.07, 6.45) is 9.23. The average Bonchev–Trinajstić information content (AvgIpc) is 3.50. The molecule has 0 spiro atoms. The van der Waals surface area contributed by atoms with Gasteiger partial charge in [-0.2, -0.15) is 10.2 Å². The van der Waals surface area contributed by atoms with Crippen LogP contribution in [0.3, 0.4) is 0 Å². The van der Waals surface area contributed by atoms with Gasteiger partial charge in [-0.15, -0.1) is 0 Å². The zero-order valence-corrected chi connectivity index (χ0v) is 16.0. The Bertz CT molecular complexity index is 953. The number of amides is 2. The van der Waals surface area contributed by atoms with Gasteiger partial charge in [0.2, 0.25) is 11.8 Å². The van der Waals surface area contributed by atoms with Crippen LogP contribution in [0.15, 0.2) is 55.4 Å². The van der Waals surface area contributed by atoms with Gasteiger partial charge in [0.1, 0.15) is 18.7 Å². The van der Waals surface area contributed by atoms with Crippen molar-refractivity contribution >= 4 is 17.5 Å². The number of carbonyl (C=O) groups is 2. The molecule has 0 aliphatic carbocycles. The maximum atomic E-state index is 12.8. The molecule has 0 radical (unpaired) electrons. The van der Waals surface area contributed by atoms with Crippen molar-refractivity contribution in [2.24, 2.45) is 0 Å². The number of aromatic nitrogens is 5. The molecule has 0 saturated carbocycles. The SMILES string of the molecule is O=C(Nc1cccc(-n2cccn2)c1)C1CCCN1C(=O)CCCn1cncn1. The number of anilines is 1. The fourth-order valence-electron chi connectivity index (χ4n) is 3.60. The molecular weight excluding hydrogens is 370 g/mol. The second-order valence-electron chi connectivity index (χ2n) is 7.00. The predicted octanol–water partition coefficient (Wildman–Crippen LogP) is 1.87. The summed E-state index contributed by atoms with van der Waals surface area (Å²) in [5, 5.41) is 11.2. The van der Waals surface area contributed by atoms with E-state index in [1.165, 1.54) is 6.33 Å². The Morgan fingerprint density at radius 1 is 1.21 bits per heavy atom. The second-order valence-corrected chi connectivity index (χ2v) is 7.00. The molecule has 9 heteroatoms. The van der Waals surface area contributed by atoms with E-state index >= 15 is 0 Å². The van der Waals surface area contributed by atoms with Crippen LogP contribution in [0.2, 0.25) is 0 Å². The monoisotopic (exact) mass is 393 g/mol. The lowest BCUT2D eigenvalue weighted by Gasteiger charge is -2.24. The highest BCUT2D eigenvalue weighted by molar-refractivity contribution is 5.97. The molecule has 3 aromatic rings. The van der Waals surface area contributed by atoms with E-state index in [1.807, 2.05) is 36.5 Å². The van der Waals surface area contributed by atoms with Crippen molar-refractivity contribution in [3.63, 3.8) is 0 Å². The largest absolute Gasteiger partial charge is 0.331 e. The van der Waals surface area contributed by atoms with Crippen LogP contribution in [0.5, 0.6) is 0 Å². The van der Waals surface area contributed by atoms with Gasteiger partial charge in [0.05, 0.1) is 5.69 Å². The summed E-state index contributed by atoms with van der Waals surface area (Å²) in [6, 6.07) is 8.91. The van der Waals surface area contributed by atoms with Crippen LogP contribution in [-0.4, -0.2) is 53.8 Å². The van der Waals surface area contributed by atoms with Gasteiger partial charge in [-0.25, -0.2) is 9.67 Å².